The summed E-state index contributed by atoms with van der Waals surface area (Å²) in [5, 5.41) is 4.83. The van der Waals surface area contributed by atoms with Crippen molar-refractivity contribution >= 4 is 38.6 Å². The monoisotopic (exact) mass is 813 g/mol. The van der Waals surface area contributed by atoms with E-state index >= 15 is 0 Å². The third-order valence-corrected chi connectivity index (χ3v) is 13.3. The fourth-order valence-electron chi connectivity index (χ4n) is 10.4. The molecule has 1 aliphatic rings. The second kappa shape index (κ2) is 15.6. The van der Waals surface area contributed by atoms with Gasteiger partial charge in [0.15, 0.2) is 0 Å². The first-order valence-electron chi connectivity index (χ1n) is 22.2. The van der Waals surface area contributed by atoms with Gasteiger partial charge in [-0.15, -0.1) is 0 Å². The molecule has 0 fully saturated rings. The molecular formula is C63H43N. The Balaban J connectivity index is 1.08. The molecule has 0 radical (unpaired) electrons. The zero-order valence-electron chi connectivity index (χ0n) is 35.3. The Morgan fingerprint density at radius 1 is 0.281 bits per heavy atom. The predicted molar refractivity (Wildman–Crippen MR) is 270 cm³/mol. The van der Waals surface area contributed by atoms with Crippen LogP contribution in [0, 0.1) is 0 Å². The van der Waals surface area contributed by atoms with Crippen LogP contribution in [0.1, 0.15) is 22.3 Å². The molecule has 1 aliphatic carbocycles. The van der Waals surface area contributed by atoms with Crippen LogP contribution in [0.15, 0.2) is 261 Å². The molecule has 0 amide bonds. The minimum absolute atomic E-state index is 0.527. The number of benzene rings is 11. The van der Waals surface area contributed by atoms with Gasteiger partial charge in [-0.3, -0.25) is 0 Å². The highest BCUT2D eigenvalue weighted by Crippen LogP contribution is 2.57. The molecule has 0 aliphatic heterocycles. The van der Waals surface area contributed by atoms with Crippen LogP contribution >= 0.6 is 0 Å². The first kappa shape index (κ1) is 37.5. The van der Waals surface area contributed by atoms with E-state index in [-0.39, 0.29) is 0 Å². The smallest absolute Gasteiger partial charge is 0.0714 e. The van der Waals surface area contributed by atoms with Crippen molar-refractivity contribution in [2.24, 2.45) is 0 Å². The van der Waals surface area contributed by atoms with Crippen LogP contribution < -0.4 is 4.90 Å². The van der Waals surface area contributed by atoms with Gasteiger partial charge in [-0.25, -0.2) is 0 Å². The van der Waals surface area contributed by atoms with Crippen LogP contribution in [0.25, 0.3) is 66.1 Å². The van der Waals surface area contributed by atoms with E-state index < -0.39 is 5.41 Å². The summed E-state index contributed by atoms with van der Waals surface area (Å²) in [6.07, 6.45) is 0. The largest absolute Gasteiger partial charge is 0.310 e. The van der Waals surface area contributed by atoms with E-state index in [2.05, 4.69) is 266 Å². The Labute approximate surface area is 374 Å². The number of fused-ring (bicyclic) bond motifs is 5. The van der Waals surface area contributed by atoms with Crippen molar-refractivity contribution < 1.29 is 0 Å². The molecule has 0 unspecified atom stereocenters. The van der Waals surface area contributed by atoms with E-state index in [4.69, 9.17) is 0 Å². The summed E-state index contributed by atoms with van der Waals surface area (Å²) in [5.41, 5.74) is 17.6. The van der Waals surface area contributed by atoms with Crippen LogP contribution in [-0.2, 0) is 5.41 Å². The number of hydrogen-bond acceptors (Lipinski definition) is 1. The minimum Gasteiger partial charge on any atom is -0.310 e. The van der Waals surface area contributed by atoms with Gasteiger partial charge in [0.05, 0.1) is 11.1 Å². The Morgan fingerprint density at radius 3 is 1.42 bits per heavy atom. The fourth-order valence-corrected chi connectivity index (χ4v) is 10.4. The molecule has 0 N–H and O–H groups in total. The number of rotatable bonds is 8. The Hall–Kier alpha value is -8.26. The lowest BCUT2D eigenvalue weighted by atomic mass is 9.67. The average molecular weight is 814 g/mol. The quantitative estimate of drug-likeness (QED) is 0.148. The highest BCUT2D eigenvalue weighted by atomic mass is 15.1. The summed E-state index contributed by atoms with van der Waals surface area (Å²) in [6.45, 7) is 0. The second-order valence-corrected chi connectivity index (χ2v) is 16.8. The van der Waals surface area contributed by atoms with Crippen molar-refractivity contribution in [3.8, 4) is 44.5 Å². The average Bonchev–Trinajstić information content (AvgIpc) is 3.67. The third-order valence-electron chi connectivity index (χ3n) is 13.3. The van der Waals surface area contributed by atoms with Gasteiger partial charge in [-0.1, -0.05) is 231 Å². The maximum Gasteiger partial charge on any atom is 0.0714 e. The SMILES string of the molecule is c1ccc(-c2ccc(-c3ccc(-c4c(N(c5ccc6c(c5)C(c5ccccc5)(c5ccccc5)c5ccccc5-6)c5ccc6ccccc6c5)ccc5ccccc45)cc3)cc2)cc1. The molecule has 0 saturated carbocycles. The van der Waals surface area contributed by atoms with Gasteiger partial charge in [0.25, 0.3) is 0 Å². The summed E-state index contributed by atoms with van der Waals surface area (Å²) in [4.78, 5) is 2.49. The van der Waals surface area contributed by atoms with Gasteiger partial charge in [0.1, 0.15) is 0 Å². The number of hydrogen-bond donors (Lipinski definition) is 0. The first-order chi connectivity index (χ1) is 31.7. The minimum atomic E-state index is -0.527. The zero-order chi connectivity index (χ0) is 42.5. The van der Waals surface area contributed by atoms with Gasteiger partial charge in [0.2, 0.25) is 0 Å². The Kier molecular flexibility index (Phi) is 9.13. The van der Waals surface area contributed by atoms with Crippen LogP contribution in [-0.4, -0.2) is 0 Å². The molecule has 1 nitrogen and oxygen atoms in total. The van der Waals surface area contributed by atoms with Crippen LogP contribution in [0.4, 0.5) is 17.1 Å². The van der Waals surface area contributed by atoms with Crippen LogP contribution in [0.2, 0.25) is 0 Å². The molecule has 1 heteroatoms. The molecule has 0 saturated heterocycles. The molecule has 0 bridgehead atoms. The molecular weight excluding hydrogens is 771 g/mol. The maximum atomic E-state index is 2.49. The Morgan fingerprint density at radius 2 is 0.750 bits per heavy atom. The molecule has 0 atom stereocenters. The molecule has 0 aromatic heterocycles. The topological polar surface area (TPSA) is 3.24 Å². The Bertz CT molecular complexity index is 3420. The van der Waals surface area contributed by atoms with E-state index in [1.807, 2.05) is 0 Å². The maximum absolute atomic E-state index is 2.49. The van der Waals surface area contributed by atoms with Gasteiger partial charge in [0, 0.05) is 16.9 Å². The second-order valence-electron chi connectivity index (χ2n) is 16.8. The lowest BCUT2D eigenvalue weighted by Gasteiger charge is -2.35. The van der Waals surface area contributed by atoms with E-state index in [0.717, 1.165) is 17.1 Å². The lowest BCUT2D eigenvalue weighted by Crippen LogP contribution is -2.28. The number of anilines is 3. The molecule has 0 spiro atoms. The highest BCUT2D eigenvalue weighted by molar-refractivity contribution is 6.06. The standard InChI is InChI=1S/C63H43N/c1-4-16-44(17-5-1)46-28-30-47(31-29-46)48-32-34-50(35-33-48)62-56-25-13-12-19-49(56)37-41-61(62)64(54-38-36-45-18-10-11-20-51(45)42-54)55-39-40-58-57-26-14-15-27-59(57)63(60(58)43-55,52-21-6-2-7-22-52)53-23-8-3-9-24-53/h1-43H. The summed E-state index contributed by atoms with van der Waals surface area (Å²) in [6, 6.07) is 96.0. The first-order valence-corrected chi connectivity index (χ1v) is 22.2. The molecule has 12 rings (SSSR count). The van der Waals surface area contributed by atoms with Crippen molar-refractivity contribution in [1.29, 1.82) is 0 Å². The molecule has 0 heterocycles. The van der Waals surface area contributed by atoms with Crippen molar-refractivity contribution in [2.45, 2.75) is 5.41 Å². The molecule has 11 aromatic carbocycles. The van der Waals surface area contributed by atoms with Crippen molar-refractivity contribution in [2.75, 3.05) is 4.90 Å². The summed E-state index contributed by atoms with van der Waals surface area (Å²) >= 11 is 0. The lowest BCUT2D eigenvalue weighted by molar-refractivity contribution is 0.768. The van der Waals surface area contributed by atoms with Crippen molar-refractivity contribution in [3.05, 3.63) is 283 Å². The van der Waals surface area contributed by atoms with Gasteiger partial charge < -0.3 is 4.90 Å². The van der Waals surface area contributed by atoms with E-state index in [1.165, 1.54) is 88.3 Å². The van der Waals surface area contributed by atoms with Gasteiger partial charge >= 0.3 is 0 Å². The highest BCUT2D eigenvalue weighted by Gasteiger charge is 2.46. The summed E-state index contributed by atoms with van der Waals surface area (Å²) < 4.78 is 0. The molecule has 300 valence electrons. The van der Waals surface area contributed by atoms with E-state index in [1.54, 1.807) is 0 Å². The zero-order valence-corrected chi connectivity index (χ0v) is 35.3. The number of nitrogens with zero attached hydrogens (tertiary/aromatic N) is 1. The van der Waals surface area contributed by atoms with Crippen molar-refractivity contribution in [3.63, 3.8) is 0 Å². The fraction of sp³-hybridized carbons (Fsp3) is 0.0159. The van der Waals surface area contributed by atoms with E-state index in [0.29, 0.717) is 0 Å². The normalized spacial score (nSPS) is 12.5. The van der Waals surface area contributed by atoms with Crippen molar-refractivity contribution in [1.82, 2.24) is 0 Å². The molecule has 11 aromatic rings. The molecule has 64 heavy (non-hydrogen) atoms. The van der Waals surface area contributed by atoms with E-state index in [9.17, 15) is 0 Å². The van der Waals surface area contributed by atoms with Gasteiger partial charge in [-0.05, 0) is 113 Å². The third kappa shape index (κ3) is 6.16. The van der Waals surface area contributed by atoms with Crippen LogP contribution in [0.3, 0.4) is 0 Å². The van der Waals surface area contributed by atoms with Crippen LogP contribution in [0.5, 0.6) is 0 Å². The van der Waals surface area contributed by atoms with Gasteiger partial charge in [-0.2, -0.15) is 0 Å². The summed E-state index contributed by atoms with van der Waals surface area (Å²) in [7, 11) is 0. The summed E-state index contributed by atoms with van der Waals surface area (Å²) in [5.74, 6) is 0. The predicted octanol–water partition coefficient (Wildman–Crippen LogP) is 16.8.